The maximum Gasteiger partial charge on any atom is 0.302 e. The van der Waals surface area contributed by atoms with Crippen LogP contribution in [-0.2, 0) is 24.8 Å². The molecule has 0 unspecified atom stereocenters. The molecule has 0 N–H and O–H groups in total. The summed E-state index contributed by atoms with van der Waals surface area (Å²) >= 11 is 0. The first-order chi connectivity index (χ1) is 7.73. The molecule has 0 atom stereocenters. The van der Waals surface area contributed by atoms with Gasteiger partial charge < -0.3 is 14.2 Å². The summed E-state index contributed by atoms with van der Waals surface area (Å²) in [5.41, 5.74) is 0.758. The number of hydrogen-bond acceptors (Lipinski definition) is 5. The van der Waals surface area contributed by atoms with Gasteiger partial charge in [0, 0.05) is 24.9 Å². The first-order valence-electron chi connectivity index (χ1n) is 5.05. The van der Waals surface area contributed by atoms with Gasteiger partial charge in [-0.3, -0.25) is 9.78 Å². The summed E-state index contributed by atoms with van der Waals surface area (Å²) in [5, 5.41) is 0. The largest absolute Gasteiger partial charge is 0.460 e. The van der Waals surface area contributed by atoms with Crippen molar-refractivity contribution in [1.82, 2.24) is 4.98 Å². The normalized spacial score (nSPS) is 18.3. The molecular formula is C11H13NO4. The number of carbonyl (C=O) groups is 1. The second kappa shape index (κ2) is 4.59. The molecule has 0 radical (unpaired) electrons. The molecule has 0 aromatic carbocycles. The van der Waals surface area contributed by atoms with Crippen LogP contribution in [0.5, 0.6) is 0 Å². The number of nitrogens with zero attached hydrogens (tertiary/aromatic N) is 1. The Balaban J connectivity index is 2.19. The standard InChI is InChI=1S/C11H13NO4/c1-9(13)14-8-11(15-5-6-16-11)10-3-2-4-12-7-10/h2-4,7H,5-6,8H2,1H3. The molecule has 1 aliphatic heterocycles. The van der Waals surface area contributed by atoms with Crippen molar-refractivity contribution in [2.45, 2.75) is 12.7 Å². The molecular weight excluding hydrogens is 210 g/mol. The van der Waals surface area contributed by atoms with Gasteiger partial charge in [-0.05, 0) is 6.07 Å². The molecule has 1 aliphatic rings. The lowest BCUT2D eigenvalue weighted by Gasteiger charge is -2.26. The Labute approximate surface area is 93.3 Å². The average molecular weight is 223 g/mol. The Kier molecular flexibility index (Phi) is 3.17. The van der Waals surface area contributed by atoms with Crippen molar-refractivity contribution >= 4 is 5.97 Å². The molecule has 2 rings (SSSR count). The van der Waals surface area contributed by atoms with E-state index in [0.717, 1.165) is 5.56 Å². The van der Waals surface area contributed by atoms with Crippen LogP contribution in [0.25, 0.3) is 0 Å². The number of rotatable bonds is 3. The molecule has 0 saturated carbocycles. The monoisotopic (exact) mass is 223 g/mol. The molecule has 1 fully saturated rings. The van der Waals surface area contributed by atoms with Crippen LogP contribution < -0.4 is 0 Å². The van der Waals surface area contributed by atoms with Crippen LogP contribution in [0.1, 0.15) is 12.5 Å². The van der Waals surface area contributed by atoms with Crippen molar-refractivity contribution in [2.24, 2.45) is 0 Å². The third-order valence-electron chi connectivity index (χ3n) is 2.32. The minimum atomic E-state index is -0.986. The number of hydrogen-bond donors (Lipinski definition) is 0. The first kappa shape index (κ1) is 11.0. The predicted octanol–water partition coefficient (Wildman–Crippen LogP) is 0.844. The highest BCUT2D eigenvalue weighted by Gasteiger charge is 2.40. The number of aromatic nitrogens is 1. The van der Waals surface area contributed by atoms with E-state index < -0.39 is 5.79 Å². The summed E-state index contributed by atoms with van der Waals surface area (Å²) in [4.78, 5) is 14.8. The van der Waals surface area contributed by atoms with Crippen molar-refractivity contribution in [3.63, 3.8) is 0 Å². The highest BCUT2D eigenvalue weighted by molar-refractivity contribution is 5.65. The molecule has 1 aromatic heterocycles. The van der Waals surface area contributed by atoms with E-state index in [4.69, 9.17) is 14.2 Å². The highest BCUT2D eigenvalue weighted by Crippen LogP contribution is 2.31. The fraction of sp³-hybridized carbons (Fsp3) is 0.455. The van der Waals surface area contributed by atoms with Gasteiger partial charge in [0.1, 0.15) is 6.61 Å². The smallest absolute Gasteiger partial charge is 0.302 e. The van der Waals surface area contributed by atoms with Gasteiger partial charge in [0.05, 0.1) is 13.2 Å². The predicted molar refractivity (Wildman–Crippen MR) is 54.5 cm³/mol. The van der Waals surface area contributed by atoms with Crippen LogP contribution in [0, 0.1) is 0 Å². The number of esters is 1. The lowest BCUT2D eigenvalue weighted by molar-refractivity contribution is -0.204. The SMILES string of the molecule is CC(=O)OCC1(c2cccnc2)OCCO1. The van der Waals surface area contributed by atoms with Gasteiger partial charge in [-0.1, -0.05) is 6.07 Å². The molecule has 0 aliphatic carbocycles. The van der Waals surface area contributed by atoms with Crippen LogP contribution in [0.2, 0.25) is 0 Å². The zero-order chi connectivity index (χ0) is 11.4. The molecule has 1 aromatic rings. The minimum absolute atomic E-state index is 0.0496. The van der Waals surface area contributed by atoms with Crippen LogP contribution in [-0.4, -0.2) is 30.8 Å². The van der Waals surface area contributed by atoms with E-state index in [0.29, 0.717) is 13.2 Å². The summed E-state index contributed by atoms with van der Waals surface area (Å²) < 4.78 is 16.0. The summed E-state index contributed by atoms with van der Waals surface area (Å²) in [6.07, 6.45) is 3.31. The third kappa shape index (κ3) is 2.20. The van der Waals surface area contributed by atoms with Gasteiger partial charge in [0.25, 0.3) is 0 Å². The lowest BCUT2D eigenvalue weighted by atomic mass is 10.1. The second-order valence-electron chi connectivity index (χ2n) is 3.47. The fourth-order valence-corrected chi connectivity index (χ4v) is 1.57. The van der Waals surface area contributed by atoms with Crippen LogP contribution >= 0.6 is 0 Å². The van der Waals surface area contributed by atoms with E-state index in [2.05, 4.69) is 4.98 Å². The molecule has 1 saturated heterocycles. The van der Waals surface area contributed by atoms with Crippen molar-refractivity contribution in [2.75, 3.05) is 19.8 Å². The molecule has 0 amide bonds. The maximum absolute atomic E-state index is 10.8. The van der Waals surface area contributed by atoms with E-state index in [-0.39, 0.29) is 12.6 Å². The van der Waals surface area contributed by atoms with Crippen LogP contribution in [0.15, 0.2) is 24.5 Å². The molecule has 0 bridgehead atoms. The molecule has 16 heavy (non-hydrogen) atoms. The van der Waals surface area contributed by atoms with Crippen molar-refractivity contribution in [3.8, 4) is 0 Å². The molecule has 0 spiro atoms. The van der Waals surface area contributed by atoms with E-state index in [9.17, 15) is 4.79 Å². The van der Waals surface area contributed by atoms with Crippen molar-refractivity contribution < 1.29 is 19.0 Å². The fourth-order valence-electron chi connectivity index (χ4n) is 1.57. The quantitative estimate of drug-likeness (QED) is 0.711. The molecule has 86 valence electrons. The lowest BCUT2D eigenvalue weighted by Crippen LogP contribution is -2.34. The summed E-state index contributed by atoms with van der Waals surface area (Å²) in [7, 11) is 0. The van der Waals surface area contributed by atoms with E-state index in [1.54, 1.807) is 18.5 Å². The van der Waals surface area contributed by atoms with E-state index in [1.807, 2.05) is 6.07 Å². The first-order valence-corrected chi connectivity index (χ1v) is 5.05. The molecule has 2 heterocycles. The highest BCUT2D eigenvalue weighted by atomic mass is 16.8. The third-order valence-corrected chi connectivity index (χ3v) is 2.32. The maximum atomic E-state index is 10.8. The van der Waals surface area contributed by atoms with Gasteiger partial charge in [0.15, 0.2) is 0 Å². The summed E-state index contributed by atoms with van der Waals surface area (Å²) in [6, 6.07) is 3.62. The van der Waals surface area contributed by atoms with Gasteiger partial charge in [-0.2, -0.15) is 0 Å². The topological polar surface area (TPSA) is 57.7 Å². The second-order valence-corrected chi connectivity index (χ2v) is 3.47. The van der Waals surface area contributed by atoms with Crippen LogP contribution in [0.4, 0.5) is 0 Å². The number of carbonyl (C=O) groups excluding carboxylic acids is 1. The minimum Gasteiger partial charge on any atom is -0.460 e. The number of pyridine rings is 1. The Morgan fingerprint density at radius 1 is 1.56 bits per heavy atom. The van der Waals surface area contributed by atoms with Crippen LogP contribution in [0.3, 0.4) is 0 Å². The zero-order valence-corrected chi connectivity index (χ0v) is 9.01. The average Bonchev–Trinajstić information content (AvgIpc) is 2.78. The summed E-state index contributed by atoms with van der Waals surface area (Å²) in [5.74, 6) is -1.35. The Morgan fingerprint density at radius 3 is 2.88 bits per heavy atom. The van der Waals surface area contributed by atoms with Crippen molar-refractivity contribution in [3.05, 3.63) is 30.1 Å². The van der Waals surface area contributed by atoms with Gasteiger partial charge >= 0.3 is 5.97 Å². The van der Waals surface area contributed by atoms with Gasteiger partial charge in [-0.25, -0.2) is 0 Å². The Bertz CT molecular complexity index is 360. The Morgan fingerprint density at radius 2 is 2.31 bits per heavy atom. The van der Waals surface area contributed by atoms with E-state index in [1.165, 1.54) is 6.92 Å². The Hall–Kier alpha value is -1.46. The zero-order valence-electron chi connectivity index (χ0n) is 9.01. The number of ether oxygens (including phenoxy) is 3. The van der Waals surface area contributed by atoms with Gasteiger partial charge in [-0.15, -0.1) is 0 Å². The van der Waals surface area contributed by atoms with E-state index >= 15 is 0 Å². The molecule has 5 nitrogen and oxygen atoms in total. The summed E-state index contributed by atoms with van der Waals surface area (Å²) in [6.45, 7) is 2.37. The molecule has 5 heteroatoms. The van der Waals surface area contributed by atoms with Crippen molar-refractivity contribution in [1.29, 1.82) is 0 Å². The van der Waals surface area contributed by atoms with Gasteiger partial charge in [0.2, 0.25) is 5.79 Å².